The fraction of sp³-hybridized carbons (Fsp3) is 0.545. The minimum Gasteiger partial charge on any atom is -0.381 e. The molecule has 17 heavy (non-hydrogen) atoms. The molecule has 1 aliphatic carbocycles. The van der Waals surface area contributed by atoms with Gasteiger partial charge in [-0.1, -0.05) is 11.6 Å². The summed E-state index contributed by atoms with van der Waals surface area (Å²) in [7, 11) is 1.69. The van der Waals surface area contributed by atoms with Gasteiger partial charge in [-0.3, -0.25) is 4.79 Å². The highest BCUT2D eigenvalue weighted by atomic mass is 35.5. The Labute approximate surface area is 105 Å². The van der Waals surface area contributed by atoms with Crippen molar-refractivity contribution in [1.29, 1.82) is 0 Å². The predicted octanol–water partition coefficient (Wildman–Crippen LogP) is 1.43. The molecule has 0 saturated heterocycles. The van der Waals surface area contributed by atoms with Gasteiger partial charge in [-0.25, -0.2) is 0 Å². The number of carbonyl (C=O) groups is 1. The average Bonchev–Trinajstić information content (AvgIpc) is 2.77. The van der Waals surface area contributed by atoms with E-state index in [1.165, 1.54) is 0 Å². The molecule has 1 aliphatic rings. The monoisotopic (exact) mass is 255 g/mol. The smallest absolute Gasteiger partial charge is 0.272 e. The van der Waals surface area contributed by atoms with Gasteiger partial charge >= 0.3 is 0 Å². The number of hydrogen-bond donors (Lipinski definition) is 1. The normalized spacial score (nSPS) is 23.6. The lowest BCUT2D eigenvalue weighted by Crippen LogP contribution is -2.34. The number of hydrogen-bond acceptors (Lipinski definition) is 4. The summed E-state index contributed by atoms with van der Waals surface area (Å²) >= 11 is 5.60. The number of rotatable bonds is 3. The summed E-state index contributed by atoms with van der Waals surface area (Å²) in [5.41, 5.74) is 0.287. The topological polar surface area (TPSA) is 64.1 Å². The SMILES string of the molecule is COC1CCC(NC(=O)c2ccc(Cl)nn2)C1. The number of aromatic nitrogens is 2. The summed E-state index contributed by atoms with van der Waals surface area (Å²) in [4.78, 5) is 11.8. The minimum atomic E-state index is -0.212. The van der Waals surface area contributed by atoms with Crippen LogP contribution in [0.15, 0.2) is 12.1 Å². The maximum absolute atomic E-state index is 11.8. The molecule has 1 aromatic heterocycles. The molecule has 2 atom stereocenters. The van der Waals surface area contributed by atoms with E-state index < -0.39 is 0 Å². The van der Waals surface area contributed by atoms with E-state index in [4.69, 9.17) is 16.3 Å². The van der Waals surface area contributed by atoms with Gasteiger partial charge in [0, 0.05) is 13.2 Å². The number of ether oxygens (including phenoxy) is 1. The van der Waals surface area contributed by atoms with Crippen molar-refractivity contribution in [3.63, 3.8) is 0 Å². The van der Waals surface area contributed by atoms with Gasteiger partial charge < -0.3 is 10.1 Å². The molecule has 1 amide bonds. The van der Waals surface area contributed by atoms with Crippen LogP contribution in [0.4, 0.5) is 0 Å². The van der Waals surface area contributed by atoms with Crippen molar-refractivity contribution in [3.8, 4) is 0 Å². The molecule has 0 spiro atoms. The molecule has 1 N–H and O–H groups in total. The molecular weight excluding hydrogens is 242 g/mol. The van der Waals surface area contributed by atoms with Gasteiger partial charge in [0.2, 0.25) is 0 Å². The van der Waals surface area contributed by atoms with Gasteiger partial charge in [0.1, 0.15) is 0 Å². The highest BCUT2D eigenvalue weighted by molar-refractivity contribution is 6.29. The molecule has 0 radical (unpaired) electrons. The molecule has 0 aromatic carbocycles. The van der Waals surface area contributed by atoms with Gasteiger partial charge in [-0.2, -0.15) is 0 Å². The number of nitrogens with one attached hydrogen (secondary N) is 1. The third kappa shape index (κ3) is 3.14. The van der Waals surface area contributed by atoms with Crippen LogP contribution in [0.25, 0.3) is 0 Å². The van der Waals surface area contributed by atoms with E-state index in [2.05, 4.69) is 15.5 Å². The van der Waals surface area contributed by atoms with Gasteiger partial charge in [-0.15, -0.1) is 10.2 Å². The quantitative estimate of drug-likeness (QED) is 0.887. The Balaban J connectivity index is 1.91. The number of methoxy groups -OCH3 is 1. The highest BCUT2D eigenvalue weighted by Gasteiger charge is 2.26. The van der Waals surface area contributed by atoms with E-state index in [1.54, 1.807) is 19.2 Å². The van der Waals surface area contributed by atoms with Crippen LogP contribution >= 0.6 is 11.6 Å². The molecule has 1 saturated carbocycles. The van der Waals surface area contributed by atoms with E-state index in [9.17, 15) is 4.79 Å². The standard InChI is InChI=1S/C11H14ClN3O2/c1-17-8-3-2-7(6-8)13-11(16)9-4-5-10(12)15-14-9/h4-5,7-8H,2-3,6H2,1H3,(H,13,16). The first kappa shape index (κ1) is 12.3. The first-order chi connectivity index (χ1) is 8.19. The second kappa shape index (κ2) is 5.42. The van der Waals surface area contributed by atoms with Crippen molar-refractivity contribution < 1.29 is 9.53 Å². The third-order valence-electron chi connectivity index (χ3n) is 2.92. The van der Waals surface area contributed by atoms with Gasteiger partial charge in [0.25, 0.3) is 5.91 Å². The number of halogens is 1. The lowest BCUT2D eigenvalue weighted by atomic mass is 10.2. The van der Waals surface area contributed by atoms with Gasteiger partial charge in [-0.05, 0) is 31.4 Å². The molecule has 1 heterocycles. The summed E-state index contributed by atoms with van der Waals surface area (Å²) in [6.45, 7) is 0. The highest BCUT2D eigenvalue weighted by Crippen LogP contribution is 2.21. The summed E-state index contributed by atoms with van der Waals surface area (Å²) in [5, 5.41) is 10.6. The summed E-state index contributed by atoms with van der Waals surface area (Å²) < 4.78 is 5.25. The van der Waals surface area contributed by atoms with Crippen LogP contribution in [0.5, 0.6) is 0 Å². The Kier molecular flexibility index (Phi) is 3.91. The van der Waals surface area contributed by atoms with Gasteiger partial charge in [0.05, 0.1) is 6.10 Å². The second-order valence-electron chi connectivity index (χ2n) is 4.08. The maximum Gasteiger partial charge on any atom is 0.272 e. The van der Waals surface area contributed by atoms with E-state index in [0.29, 0.717) is 0 Å². The Morgan fingerprint density at radius 2 is 2.29 bits per heavy atom. The van der Waals surface area contributed by atoms with Crippen LogP contribution in [-0.4, -0.2) is 35.4 Å². The van der Waals surface area contributed by atoms with E-state index >= 15 is 0 Å². The summed E-state index contributed by atoms with van der Waals surface area (Å²) in [6, 6.07) is 3.27. The molecule has 92 valence electrons. The van der Waals surface area contributed by atoms with Crippen LogP contribution in [-0.2, 0) is 4.74 Å². The molecular formula is C11H14ClN3O2. The van der Waals surface area contributed by atoms with E-state index in [0.717, 1.165) is 19.3 Å². The maximum atomic E-state index is 11.8. The van der Waals surface area contributed by atoms with E-state index in [1.807, 2.05) is 0 Å². The van der Waals surface area contributed by atoms with Crippen molar-refractivity contribution in [2.75, 3.05) is 7.11 Å². The van der Waals surface area contributed by atoms with Crippen molar-refractivity contribution in [1.82, 2.24) is 15.5 Å². The molecule has 1 fully saturated rings. The van der Waals surface area contributed by atoms with Crippen LogP contribution in [0.2, 0.25) is 5.15 Å². The Morgan fingerprint density at radius 3 is 2.88 bits per heavy atom. The van der Waals surface area contributed by atoms with Crippen LogP contribution in [0.3, 0.4) is 0 Å². The number of amides is 1. The molecule has 2 rings (SSSR count). The van der Waals surface area contributed by atoms with Gasteiger partial charge in [0.15, 0.2) is 10.8 Å². The zero-order chi connectivity index (χ0) is 12.3. The number of nitrogens with zero attached hydrogens (tertiary/aromatic N) is 2. The van der Waals surface area contributed by atoms with Crippen molar-refractivity contribution in [3.05, 3.63) is 23.0 Å². The minimum absolute atomic E-state index is 0.157. The van der Waals surface area contributed by atoms with Crippen LogP contribution < -0.4 is 5.32 Å². The Bertz CT molecular complexity index is 396. The van der Waals surface area contributed by atoms with Crippen LogP contribution in [0, 0.1) is 0 Å². The fourth-order valence-electron chi connectivity index (χ4n) is 1.98. The zero-order valence-electron chi connectivity index (χ0n) is 9.52. The third-order valence-corrected chi connectivity index (χ3v) is 3.12. The Morgan fingerprint density at radius 1 is 1.47 bits per heavy atom. The molecule has 0 aliphatic heterocycles. The first-order valence-electron chi connectivity index (χ1n) is 5.52. The molecule has 0 bridgehead atoms. The van der Waals surface area contributed by atoms with E-state index in [-0.39, 0.29) is 28.9 Å². The van der Waals surface area contributed by atoms with Crippen molar-refractivity contribution in [2.24, 2.45) is 0 Å². The van der Waals surface area contributed by atoms with Crippen molar-refractivity contribution in [2.45, 2.75) is 31.4 Å². The molecule has 1 aromatic rings. The number of carbonyl (C=O) groups excluding carboxylic acids is 1. The Hall–Kier alpha value is -1.20. The second-order valence-corrected chi connectivity index (χ2v) is 4.47. The summed E-state index contributed by atoms with van der Waals surface area (Å²) in [6.07, 6.45) is 3.01. The molecule has 5 nitrogen and oxygen atoms in total. The fourth-order valence-corrected chi connectivity index (χ4v) is 2.08. The largest absolute Gasteiger partial charge is 0.381 e. The lowest BCUT2D eigenvalue weighted by molar-refractivity contribution is 0.0909. The molecule has 6 heteroatoms. The first-order valence-corrected chi connectivity index (χ1v) is 5.89. The predicted molar refractivity (Wildman–Crippen MR) is 62.9 cm³/mol. The lowest BCUT2D eigenvalue weighted by Gasteiger charge is -2.12. The molecule has 2 unspecified atom stereocenters. The summed E-state index contributed by atoms with van der Waals surface area (Å²) in [5.74, 6) is -0.212. The zero-order valence-corrected chi connectivity index (χ0v) is 10.3. The van der Waals surface area contributed by atoms with Crippen LogP contribution in [0.1, 0.15) is 29.8 Å². The average molecular weight is 256 g/mol. The van der Waals surface area contributed by atoms with Crippen molar-refractivity contribution >= 4 is 17.5 Å².